The molecule has 0 amide bonds. The Kier molecular flexibility index (Phi) is 2.83. The van der Waals surface area contributed by atoms with E-state index in [0.717, 1.165) is 0 Å². The highest BCUT2D eigenvalue weighted by Crippen LogP contribution is 2.31. The molecule has 0 spiro atoms. The maximum absolute atomic E-state index is 5.36. The van der Waals surface area contributed by atoms with Crippen LogP contribution in [0.1, 0.15) is 6.92 Å². The number of rotatable bonds is 3. The summed E-state index contributed by atoms with van der Waals surface area (Å²) < 4.78 is 15.7. The Bertz CT molecular complexity index is 225. The quantitative estimate of drug-likeness (QED) is 0.711. The van der Waals surface area contributed by atoms with E-state index in [-0.39, 0.29) is 0 Å². The zero-order chi connectivity index (χ0) is 9.90. The predicted molar refractivity (Wildman–Crippen MR) is 48.7 cm³/mol. The normalized spacial score (nSPS) is 19.7. The molecule has 0 aliphatic carbocycles. The van der Waals surface area contributed by atoms with Crippen LogP contribution in [0, 0.1) is 0 Å². The van der Waals surface area contributed by atoms with E-state index in [2.05, 4.69) is 5.32 Å². The second-order valence-corrected chi connectivity index (χ2v) is 2.83. The highest BCUT2D eigenvalue weighted by Gasteiger charge is 2.38. The molecule has 0 radical (unpaired) electrons. The first kappa shape index (κ1) is 9.92. The van der Waals surface area contributed by atoms with Crippen molar-refractivity contribution in [1.29, 1.82) is 0 Å². The fraction of sp³-hybridized carbons (Fsp3) is 0.556. The second kappa shape index (κ2) is 3.70. The summed E-state index contributed by atoms with van der Waals surface area (Å²) in [5, 5.41) is 2.92. The summed E-state index contributed by atoms with van der Waals surface area (Å²) >= 11 is 0. The summed E-state index contributed by atoms with van der Waals surface area (Å²) in [5.74, 6) is 1.38. The number of methoxy groups -OCH3 is 3. The molecule has 0 aromatic carbocycles. The summed E-state index contributed by atoms with van der Waals surface area (Å²) in [7, 11) is 4.82. The molecule has 0 aromatic heterocycles. The van der Waals surface area contributed by atoms with Crippen molar-refractivity contribution in [3.8, 4) is 0 Å². The van der Waals surface area contributed by atoms with Crippen LogP contribution >= 0.6 is 0 Å². The highest BCUT2D eigenvalue weighted by atomic mass is 16.6. The van der Waals surface area contributed by atoms with Crippen LogP contribution in [-0.2, 0) is 14.2 Å². The molecule has 1 heterocycles. The first-order valence-electron chi connectivity index (χ1n) is 3.99. The van der Waals surface area contributed by atoms with E-state index < -0.39 is 5.60 Å². The number of hydrogen-bond acceptors (Lipinski definition) is 4. The van der Waals surface area contributed by atoms with Crippen molar-refractivity contribution in [3.63, 3.8) is 0 Å². The smallest absolute Gasteiger partial charge is 0.181 e. The second-order valence-electron chi connectivity index (χ2n) is 2.83. The Morgan fingerprint density at radius 3 is 1.85 bits per heavy atom. The molecule has 0 atom stereocenters. The van der Waals surface area contributed by atoms with E-state index in [9.17, 15) is 0 Å². The van der Waals surface area contributed by atoms with E-state index in [1.165, 1.54) is 0 Å². The first-order valence-corrected chi connectivity index (χ1v) is 3.99. The van der Waals surface area contributed by atoms with Gasteiger partial charge < -0.3 is 19.5 Å². The first-order chi connectivity index (χ1) is 6.19. The maximum Gasteiger partial charge on any atom is 0.181 e. The Hall–Kier alpha value is -1.16. The van der Waals surface area contributed by atoms with Crippen molar-refractivity contribution in [3.05, 3.63) is 23.9 Å². The van der Waals surface area contributed by atoms with Crippen molar-refractivity contribution in [2.24, 2.45) is 0 Å². The van der Waals surface area contributed by atoms with Gasteiger partial charge in [-0.05, 0) is 6.92 Å². The molecule has 4 heteroatoms. The molecule has 1 aliphatic rings. The lowest BCUT2D eigenvalue weighted by atomic mass is 10.0. The molecule has 0 saturated carbocycles. The van der Waals surface area contributed by atoms with E-state index in [4.69, 9.17) is 14.2 Å². The number of dihydropyridines is 1. The van der Waals surface area contributed by atoms with Crippen molar-refractivity contribution >= 4 is 0 Å². The molecular weight excluding hydrogens is 170 g/mol. The Labute approximate surface area is 78.2 Å². The van der Waals surface area contributed by atoms with Crippen LogP contribution in [0.3, 0.4) is 0 Å². The average molecular weight is 185 g/mol. The largest absolute Gasteiger partial charge is 0.496 e. The number of ether oxygens (including phenoxy) is 3. The van der Waals surface area contributed by atoms with E-state index in [1.54, 1.807) is 33.7 Å². The molecule has 0 fully saturated rings. The Morgan fingerprint density at radius 1 is 1.08 bits per heavy atom. The lowest BCUT2D eigenvalue weighted by Crippen LogP contribution is -2.38. The molecule has 0 bridgehead atoms. The molecular formula is C9H15NO3. The minimum atomic E-state index is -0.630. The fourth-order valence-corrected chi connectivity index (χ4v) is 1.30. The predicted octanol–water partition coefficient (Wildman–Crippen LogP) is 0.970. The Balaban J connectivity index is 2.98. The lowest BCUT2D eigenvalue weighted by Gasteiger charge is -2.33. The minimum absolute atomic E-state index is 0.630. The van der Waals surface area contributed by atoms with Gasteiger partial charge in [0.15, 0.2) is 17.1 Å². The third-order valence-electron chi connectivity index (χ3n) is 2.22. The van der Waals surface area contributed by atoms with E-state index in [0.29, 0.717) is 11.5 Å². The van der Waals surface area contributed by atoms with Gasteiger partial charge in [0.25, 0.3) is 0 Å². The molecule has 4 nitrogen and oxygen atoms in total. The van der Waals surface area contributed by atoms with Gasteiger partial charge in [-0.25, -0.2) is 0 Å². The average Bonchev–Trinajstić information content (AvgIpc) is 2.18. The van der Waals surface area contributed by atoms with Crippen LogP contribution in [0.4, 0.5) is 0 Å². The van der Waals surface area contributed by atoms with Gasteiger partial charge in [0.1, 0.15) is 0 Å². The van der Waals surface area contributed by atoms with Crippen molar-refractivity contribution in [2.45, 2.75) is 12.5 Å². The summed E-state index contributed by atoms with van der Waals surface area (Å²) in [4.78, 5) is 0. The van der Waals surface area contributed by atoms with Crippen LogP contribution in [0.5, 0.6) is 0 Å². The van der Waals surface area contributed by atoms with Gasteiger partial charge in [0.05, 0.1) is 14.2 Å². The van der Waals surface area contributed by atoms with Crippen molar-refractivity contribution < 1.29 is 14.2 Å². The summed E-state index contributed by atoms with van der Waals surface area (Å²) in [6.45, 7) is 1.89. The van der Waals surface area contributed by atoms with Crippen LogP contribution in [0.25, 0.3) is 0 Å². The van der Waals surface area contributed by atoms with Gasteiger partial charge in [-0.1, -0.05) is 0 Å². The Morgan fingerprint density at radius 2 is 1.54 bits per heavy atom. The van der Waals surface area contributed by atoms with Gasteiger partial charge >= 0.3 is 0 Å². The van der Waals surface area contributed by atoms with Crippen LogP contribution < -0.4 is 5.32 Å². The summed E-state index contributed by atoms with van der Waals surface area (Å²) in [6.07, 6.45) is 3.48. The van der Waals surface area contributed by atoms with Gasteiger partial charge in [0.2, 0.25) is 0 Å². The molecule has 1 aliphatic heterocycles. The topological polar surface area (TPSA) is 39.7 Å². The van der Waals surface area contributed by atoms with E-state index in [1.807, 2.05) is 6.92 Å². The molecule has 0 unspecified atom stereocenters. The number of hydrogen-bond donors (Lipinski definition) is 1. The summed E-state index contributed by atoms with van der Waals surface area (Å²) in [6, 6.07) is 0. The molecule has 13 heavy (non-hydrogen) atoms. The van der Waals surface area contributed by atoms with Crippen LogP contribution in [0.2, 0.25) is 0 Å². The van der Waals surface area contributed by atoms with E-state index >= 15 is 0 Å². The minimum Gasteiger partial charge on any atom is -0.496 e. The SMILES string of the molecule is COC1=CNC=C(OC)C1(C)OC. The lowest BCUT2D eigenvalue weighted by molar-refractivity contribution is -0.0169. The fourth-order valence-electron chi connectivity index (χ4n) is 1.30. The van der Waals surface area contributed by atoms with Crippen LogP contribution in [0.15, 0.2) is 23.9 Å². The summed E-state index contributed by atoms with van der Waals surface area (Å²) in [5.41, 5.74) is -0.630. The molecule has 0 aromatic rings. The highest BCUT2D eigenvalue weighted by molar-refractivity contribution is 5.28. The van der Waals surface area contributed by atoms with Gasteiger partial charge in [0, 0.05) is 19.5 Å². The molecule has 0 saturated heterocycles. The zero-order valence-corrected chi connectivity index (χ0v) is 8.38. The molecule has 1 rings (SSSR count). The van der Waals surface area contributed by atoms with Gasteiger partial charge in [-0.15, -0.1) is 0 Å². The maximum atomic E-state index is 5.36. The monoisotopic (exact) mass is 185 g/mol. The third-order valence-corrected chi connectivity index (χ3v) is 2.22. The van der Waals surface area contributed by atoms with Crippen molar-refractivity contribution in [2.75, 3.05) is 21.3 Å². The van der Waals surface area contributed by atoms with Crippen molar-refractivity contribution in [1.82, 2.24) is 5.32 Å². The molecule has 74 valence electrons. The van der Waals surface area contributed by atoms with Gasteiger partial charge in [-0.2, -0.15) is 0 Å². The zero-order valence-electron chi connectivity index (χ0n) is 8.38. The number of nitrogens with one attached hydrogen (secondary N) is 1. The standard InChI is InChI=1S/C9H15NO3/c1-9(13-4)7(11-2)5-10-6-8(9)12-3/h5-6,10H,1-4H3. The van der Waals surface area contributed by atoms with Gasteiger partial charge in [-0.3, -0.25) is 0 Å². The third kappa shape index (κ3) is 1.49. The van der Waals surface area contributed by atoms with Crippen LogP contribution in [-0.4, -0.2) is 26.9 Å². The molecule has 1 N–H and O–H groups in total.